The Morgan fingerprint density at radius 3 is 2.22 bits per heavy atom. The first kappa shape index (κ1) is 21.5. The molecule has 0 aliphatic carbocycles. The lowest BCUT2D eigenvalue weighted by Gasteiger charge is -2.18. The van der Waals surface area contributed by atoms with E-state index in [9.17, 15) is 14.4 Å². The van der Waals surface area contributed by atoms with E-state index in [2.05, 4.69) is 15.5 Å². The topological polar surface area (TPSA) is 101 Å². The minimum absolute atomic E-state index is 0.111. The number of rotatable bonds is 5. The maximum absolute atomic E-state index is 13.1. The summed E-state index contributed by atoms with van der Waals surface area (Å²) in [5.41, 5.74) is 0.240. The molecule has 0 bridgehead atoms. The lowest BCUT2D eigenvalue weighted by molar-refractivity contribution is -0.125. The van der Waals surface area contributed by atoms with Gasteiger partial charge >= 0.3 is 5.97 Å². The first-order valence-corrected chi connectivity index (χ1v) is 10.2. The highest BCUT2D eigenvalue weighted by Crippen LogP contribution is 2.26. The number of nitrogens with one attached hydrogen (secondary N) is 2. The van der Waals surface area contributed by atoms with Gasteiger partial charge in [0.2, 0.25) is 6.10 Å². The Kier molecular flexibility index (Phi) is 6.20. The van der Waals surface area contributed by atoms with E-state index in [0.717, 1.165) is 0 Å². The van der Waals surface area contributed by atoms with Crippen LogP contribution in [0.3, 0.4) is 0 Å². The minimum atomic E-state index is -1.30. The van der Waals surface area contributed by atoms with Crippen LogP contribution in [0.15, 0.2) is 77.6 Å². The number of carbonyl (C=O) groups is 2. The molecule has 0 aliphatic rings. The molecule has 0 saturated carbocycles. The summed E-state index contributed by atoms with van der Waals surface area (Å²) in [6.45, 7) is 0. The summed E-state index contributed by atoms with van der Waals surface area (Å²) >= 11 is 12.0. The van der Waals surface area contributed by atoms with Crippen LogP contribution < -0.4 is 10.9 Å². The number of aromatic nitrogens is 2. The summed E-state index contributed by atoms with van der Waals surface area (Å²) in [4.78, 5) is 38.1. The molecule has 1 atom stereocenters. The molecule has 1 heterocycles. The van der Waals surface area contributed by atoms with Crippen LogP contribution in [-0.4, -0.2) is 22.1 Å². The van der Waals surface area contributed by atoms with Gasteiger partial charge in [-0.25, -0.2) is 9.89 Å². The third-order valence-electron chi connectivity index (χ3n) is 4.58. The zero-order chi connectivity index (χ0) is 22.7. The van der Waals surface area contributed by atoms with Crippen molar-refractivity contribution >= 4 is 51.5 Å². The third-order valence-corrected chi connectivity index (χ3v) is 5.02. The van der Waals surface area contributed by atoms with E-state index in [4.69, 9.17) is 27.9 Å². The van der Waals surface area contributed by atoms with Crippen LogP contribution in [-0.2, 0) is 9.53 Å². The van der Waals surface area contributed by atoms with E-state index in [1.807, 2.05) is 0 Å². The van der Waals surface area contributed by atoms with Crippen molar-refractivity contribution in [3.05, 3.63) is 104 Å². The van der Waals surface area contributed by atoms with Crippen LogP contribution in [0.2, 0.25) is 10.0 Å². The van der Waals surface area contributed by atoms with Gasteiger partial charge in [-0.3, -0.25) is 9.59 Å². The number of amides is 1. The van der Waals surface area contributed by atoms with Gasteiger partial charge in [0, 0.05) is 26.7 Å². The lowest BCUT2D eigenvalue weighted by atomic mass is 10.1. The van der Waals surface area contributed by atoms with E-state index in [0.29, 0.717) is 26.7 Å². The van der Waals surface area contributed by atoms with Crippen molar-refractivity contribution in [3.63, 3.8) is 0 Å². The quantitative estimate of drug-likeness (QED) is 0.411. The number of nitrogens with zero attached hydrogens (tertiary/aromatic N) is 1. The second-order valence-corrected chi connectivity index (χ2v) is 7.66. The summed E-state index contributed by atoms with van der Waals surface area (Å²) in [7, 11) is 0. The molecule has 1 aromatic heterocycles. The largest absolute Gasteiger partial charge is 0.442 e. The van der Waals surface area contributed by atoms with E-state index < -0.39 is 23.5 Å². The molecule has 4 rings (SSSR count). The number of aromatic amines is 1. The first-order valence-electron chi connectivity index (χ1n) is 9.42. The van der Waals surface area contributed by atoms with Crippen LogP contribution in [0, 0.1) is 0 Å². The fourth-order valence-electron chi connectivity index (χ4n) is 3.17. The van der Waals surface area contributed by atoms with Gasteiger partial charge in [0.15, 0.2) is 5.69 Å². The zero-order valence-electron chi connectivity index (χ0n) is 16.3. The Morgan fingerprint density at radius 2 is 1.53 bits per heavy atom. The predicted octanol–water partition coefficient (Wildman–Crippen LogP) is 4.77. The van der Waals surface area contributed by atoms with Crippen LogP contribution in [0.25, 0.3) is 10.8 Å². The lowest BCUT2D eigenvalue weighted by Crippen LogP contribution is -2.27. The monoisotopic (exact) mass is 467 g/mol. The Hall–Kier alpha value is -3.68. The molecule has 3 aromatic carbocycles. The van der Waals surface area contributed by atoms with Crippen molar-refractivity contribution in [2.75, 3.05) is 5.32 Å². The molecule has 4 aromatic rings. The molecule has 0 radical (unpaired) electrons. The van der Waals surface area contributed by atoms with Gasteiger partial charge in [0.05, 0.1) is 5.39 Å². The molecule has 0 unspecified atom stereocenters. The number of esters is 1. The first-order chi connectivity index (χ1) is 15.4. The van der Waals surface area contributed by atoms with Crippen molar-refractivity contribution in [2.45, 2.75) is 6.10 Å². The van der Waals surface area contributed by atoms with Crippen molar-refractivity contribution in [1.29, 1.82) is 0 Å². The molecule has 0 saturated heterocycles. The summed E-state index contributed by atoms with van der Waals surface area (Å²) in [5, 5.41) is 10.1. The second kappa shape index (κ2) is 9.21. The van der Waals surface area contributed by atoms with Gasteiger partial charge in [-0.15, -0.1) is 0 Å². The second-order valence-electron chi connectivity index (χ2n) is 6.79. The molecule has 9 heteroatoms. The molecule has 2 N–H and O–H groups in total. The van der Waals surface area contributed by atoms with Gasteiger partial charge in [-0.1, -0.05) is 71.7 Å². The molecule has 0 fully saturated rings. The van der Waals surface area contributed by atoms with Crippen molar-refractivity contribution in [1.82, 2.24) is 10.2 Å². The smallest absolute Gasteiger partial charge is 0.360 e. The Morgan fingerprint density at radius 1 is 0.906 bits per heavy atom. The summed E-state index contributed by atoms with van der Waals surface area (Å²) in [6, 6.07) is 19.6. The number of ether oxygens (including phenoxy) is 1. The number of hydrogen-bond acceptors (Lipinski definition) is 5. The van der Waals surface area contributed by atoms with Gasteiger partial charge < -0.3 is 10.1 Å². The summed E-state index contributed by atoms with van der Waals surface area (Å²) in [6.07, 6.45) is -1.30. The SMILES string of the molecule is O=C(O[C@@H](C(=O)Nc1cc(Cl)cc(Cl)c1)c1ccccc1)c1n[nH]c(=O)c2ccccc12. The highest BCUT2D eigenvalue weighted by Gasteiger charge is 2.27. The number of fused-ring (bicyclic) bond motifs is 1. The maximum Gasteiger partial charge on any atom is 0.360 e. The number of hydrogen-bond donors (Lipinski definition) is 2. The van der Waals surface area contributed by atoms with Crippen LogP contribution >= 0.6 is 23.2 Å². The Labute approximate surface area is 191 Å². The fourth-order valence-corrected chi connectivity index (χ4v) is 3.69. The number of anilines is 1. The van der Waals surface area contributed by atoms with Crippen molar-refractivity contribution < 1.29 is 14.3 Å². The molecule has 1 amide bonds. The Balaban J connectivity index is 1.67. The molecule has 0 aliphatic heterocycles. The molecular formula is C23H15Cl2N3O4. The molecule has 160 valence electrons. The van der Waals surface area contributed by atoms with E-state index >= 15 is 0 Å². The number of carbonyl (C=O) groups excluding carboxylic acids is 2. The van der Waals surface area contributed by atoms with Gasteiger partial charge in [-0.05, 0) is 24.3 Å². The normalized spacial score (nSPS) is 11.7. The van der Waals surface area contributed by atoms with E-state index in [1.54, 1.807) is 54.6 Å². The zero-order valence-corrected chi connectivity index (χ0v) is 17.9. The predicted molar refractivity (Wildman–Crippen MR) is 122 cm³/mol. The minimum Gasteiger partial charge on any atom is -0.442 e. The fraction of sp³-hybridized carbons (Fsp3) is 0.0435. The molecule has 32 heavy (non-hydrogen) atoms. The van der Waals surface area contributed by atoms with Crippen molar-refractivity contribution in [3.8, 4) is 0 Å². The molecule has 0 spiro atoms. The average molecular weight is 468 g/mol. The highest BCUT2D eigenvalue weighted by atomic mass is 35.5. The average Bonchev–Trinajstić information content (AvgIpc) is 2.77. The van der Waals surface area contributed by atoms with E-state index in [-0.39, 0.29) is 11.1 Å². The number of halogens is 2. The Bertz CT molecular complexity index is 1350. The van der Waals surface area contributed by atoms with Gasteiger partial charge in [0.1, 0.15) is 0 Å². The summed E-state index contributed by atoms with van der Waals surface area (Å²) < 4.78 is 5.56. The van der Waals surface area contributed by atoms with Crippen LogP contribution in [0.4, 0.5) is 5.69 Å². The van der Waals surface area contributed by atoms with E-state index in [1.165, 1.54) is 18.2 Å². The number of benzene rings is 3. The third kappa shape index (κ3) is 4.64. The molecular weight excluding hydrogens is 453 g/mol. The van der Waals surface area contributed by atoms with Gasteiger partial charge in [-0.2, -0.15) is 5.10 Å². The van der Waals surface area contributed by atoms with Crippen LogP contribution in [0.5, 0.6) is 0 Å². The van der Waals surface area contributed by atoms with Crippen molar-refractivity contribution in [2.24, 2.45) is 0 Å². The summed E-state index contributed by atoms with van der Waals surface area (Å²) in [5.74, 6) is -1.48. The molecule has 7 nitrogen and oxygen atoms in total. The van der Waals surface area contributed by atoms with Crippen LogP contribution in [0.1, 0.15) is 22.2 Å². The highest BCUT2D eigenvalue weighted by molar-refractivity contribution is 6.35. The number of H-pyrrole nitrogens is 1. The standard InChI is InChI=1S/C23H15Cl2N3O4/c24-14-10-15(25)12-16(11-14)26-22(30)20(13-6-2-1-3-7-13)32-23(31)19-17-8-4-5-9-18(17)21(29)28-27-19/h1-12,20H,(H,26,30)(H,28,29)/t20-/m1/s1. The maximum atomic E-state index is 13.1. The van der Waals surface area contributed by atoms with Gasteiger partial charge in [0.25, 0.3) is 11.5 Å².